The Hall–Kier alpha value is -2.55. The van der Waals surface area contributed by atoms with Crippen LogP contribution in [0.2, 0.25) is 0 Å². The first-order valence-electron chi connectivity index (χ1n) is 9.59. The molecule has 0 N–H and O–H groups in total. The van der Waals surface area contributed by atoms with Crippen molar-refractivity contribution in [1.29, 1.82) is 0 Å². The van der Waals surface area contributed by atoms with Crippen LogP contribution < -0.4 is 0 Å². The molecular formula is C23H26N2O. The van der Waals surface area contributed by atoms with Gasteiger partial charge in [0.2, 0.25) is 5.91 Å². The number of carbonyl (C=O) groups is 1. The second-order valence-corrected chi connectivity index (χ2v) is 7.34. The topological polar surface area (TPSA) is 25.2 Å². The second kappa shape index (κ2) is 7.36. The number of para-hydroxylation sites is 1. The summed E-state index contributed by atoms with van der Waals surface area (Å²) in [4.78, 5) is 14.9. The van der Waals surface area contributed by atoms with Crippen molar-refractivity contribution in [2.75, 3.05) is 6.54 Å². The molecule has 0 aliphatic carbocycles. The van der Waals surface area contributed by atoms with Crippen LogP contribution in [-0.2, 0) is 24.7 Å². The summed E-state index contributed by atoms with van der Waals surface area (Å²) in [6, 6.07) is 21.3. The number of hydrogen-bond donors (Lipinski definition) is 0. The lowest BCUT2D eigenvalue weighted by atomic mass is 10.1. The molecule has 0 radical (unpaired) electrons. The fourth-order valence-corrected chi connectivity index (χ4v) is 4.24. The number of hydrogen-bond acceptors (Lipinski definition) is 1. The van der Waals surface area contributed by atoms with Crippen molar-refractivity contribution in [2.45, 2.75) is 38.1 Å². The summed E-state index contributed by atoms with van der Waals surface area (Å²) in [6.07, 6.45) is 4.84. The highest BCUT2D eigenvalue weighted by Crippen LogP contribution is 2.25. The molecule has 2 aromatic carbocycles. The van der Waals surface area contributed by atoms with Crippen molar-refractivity contribution < 1.29 is 4.79 Å². The summed E-state index contributed by atoms with van der Waals surface area (Å²) in [5.74, 6) is 0.274. The van der Waals surface area contributed by atoms with Crippen LogP contribution in [0.3, 0.4) is 0 Å². The van der Waals surface area contributed by atoms with Gasteiger partial charge in [-0.3, -0.25) is 4.79 Å². The average Bonchev–Trinajstić information content (AvgIpc) is 3.26. The van der Waals surface area contributed by atoms with Crippen molar-refractivity contribution in [1.82, 2.24) is 9.47 Å². The van der Waals surface area contributed by atoms with Gasteiger partial charge in [0.15, 0.2) is 0 Å². The van der Waals surface area contributed by atoms with E-state index in [1.165, 1.54) is 16.6 Å². The number of rotatable bonds is 5. The van der Waals surface area contributed by atoms with E-state index in [1.807, 2.05) is 30.3 Å². The van der Waals surface area contributed by atoms with E-state index >= 15 is 0 Å². The summed E-state index contributed by atoms with van der Waals surface area (Å²) in [6.45, 7) is 0.908. The van der Waals surface area contributed by atoms with E-state index in [-0.39, 0.29) is 5.91 Å². The van der Waals surface area contributed by atoms with Gasteiger partial charge in [0.25, 0.3) is 0 Å². The third-order valence-electron chi connectivity index (χ3n) is 5.68. The molecule has 1 aliphatic heterocycles. The quantitative estimate of drug-likeness (QED) is 0.674. The zero-order valence-corrected chi connectivity index (χ0v) is 15.4. The standard InChI is InChI=1S/C23H26N2O/c1-24-21(17-19-10-5-6-12-22(19)24)14-13-20-11-7-15-25(20)23(26)16-18-8-3-2-4-9-18/h2-6,8-10,12,17,20H,7,11,13-16H2,1H3/t20-/m0/s1. The molecule has 1 aromatic heterocycles. The van der Waals surface area contributed by atoms with Gasteiger partial charge in [-0.05, 0) is 48.8 Å². The number of aryl methyl sites for hydroxylation is 2. The normalized spacial score (nSPS) is 17.1. The Labute approximate surface area is 155 Å². The Bertz CT molecular complexity index is 897. The minimum atomic E-state index is 0.274. The van der Waals surface area contributed by atoms with Crippen LogP contribution in [0, 0.1) is 0 Å². The number of amides is 1. The maximum Gasteiger partial charge on any atom is 0.227 e. The third kappa shape index (κ3) is 3.39. The lowest BCUT2D eigenvalue weighted by molar-refractivity contribution is -0.131. The van der Waals surface area contributed by atoms with Crippen LogP contribution in [0.25, 0.3) is 10.9 Å². The van der Waals surface area contributed by atoms with E-state index in [4.69, 9.17) is 0 Å². The molecule has 4 rings (SSSR count). The molecule has 0 saturated carbocycles. The first kappa shape index (κ1) is 16.9. The molecule has 26 heavy (non-hydrogen) atoms. The molecule has 1 atom stereocenters. The van der Waals surface area contributed by atoms with Crippen molar-refractivity contribution >= 4 is 16.8 Å². The van der Waals surface area contributed by atoms with Gasteiger partial charge in [-0.25, -0.2) is 0 Å². The van der Waals surface area contributed by atoms with Gasteiger partial charge < -0.3 is 9.47 Å². The minimum absolute atomic E-state index is 0.274. The fourth-order valence-electron chi connectivity index (χ4n) is 4.24. The molecule has 0 bridgehead atoms. The van der Waals surface area contributed by atoms with E-state index in [1.54, 1.807) is 0 Å². The van der Waals surface area contributed by atoms with Crippen LogP contribution in [0.5, 0.6) is 0 Å². The van der Waals surface area contributed by atoms with E-state index in [0.29, 0.717) is 12.5 Å². The molecule has 3 nitrogen and oxygen atoms in total. The molecule has 0 unspecified atom stereocenters. The molecule has 1 fully saturated rings. The van der Waals surface area contributed by atoms with Crippen molar-refractivity contribution in [3.05, 3.63) is 71.9 Å². The monoisotopic (exact) mass is 346 g/mol. The van der Waals surface area contributed by atoms with E-state index in [0.717, 1.165) is 37.8 Å². The molecule has 1 amide bonds. The summed E-state index contributed by atoms with van der Waals surface area (Å²) < 4.78 is 2.29. The highest BCUT2D eigenvalue weighted by molar-refractivity contribution is 5.81. The average molecular weight is 346 g/mol. The Kier molecular flexibility index (Phi) is 4.79. The number of nitrogens with zero attached hydrogens (tertiary/aromatic N) is 2. The summed E-state index contributed by atoms with van der Waals surface area (Å²) in [5, 5.41) is 1.30. The maximum atomic E-state index is 12.8. The van der Waals surface area contributed by atoms with Gasteiger partial charge in [-0.1, -0.05) is 48.5 Å². The Morgan fingerprint density at radius 1 is 1.08 bits per heavy atom. The number of likely N-dealkylation sites (tertiary alicyclic amines) is 1. The molecule has 3 heteroatoms. The van der Waals surface area contributed by atoms with Crippen molar-refractivity contribution in [2.24, 2.45) is 7.05 Å². The van der Waals surface area contributed by atoms with Crippen molar-refractivity contribution in [3.8, 4) is 0 Å². The largest absolute Gasteiger partial charge is 0.348 e. The van der Waals surface area contributed by atoms with Crippen LogP contribution >= 0.6 is 0 Å². The SMILES string of the molecule is Cn1c(CC[C@@H]2CCCN2C(=O)Cc2ccccc2)cc2ccccc21. The number of aromatic nitrogens is 1. The summed E-state index contributed by atoms with van der Waals surface area (Å²) in [7, 11) is 2.14. The van der Waals surface area contributed by atoms with Gasteiger partial charge in [0.1, 0.15) is 0 Å². The molecule has 134 valence electrons. The lowest BCUT2D eigenvalue weighted by Crippen LogP contribution is -2.36. The zero-order chi connectivity index (χ0) is 17.9. The minimum Gasteiger partial charge on any atom is -0.348 e. The predicted molar refractivity (Wildman–Crippen MR) is 106 cm³/mol. The van der Waals surface area contributed by atoms with Gasteiger partial charge in [0.05, 0.1) is 6.42 Å². The Morgan fingerprint density at radius 3 is 2.65 bits per heavy atom. The molecule has 1 aliphatic rings. The van der Waals surface area contributed by atoms with E-state index < -0.39 is 0 Å². The second-order valence-electron chi connectivity index (χ2n) is 7.34. The van der Waals surface area contributed by atoms with Gasteiger partial charge in [-0.2, -0.15) is 0 Å². The zero-order valence-electron chi connectivity index (χ0n) is 15.4. The van der Waals surface area contributed by atoms with E-state index in [9.17, 15) is 4.79 Å². The van der Waals surface area contributed by atoms with E-state index in [2.05, 4.69) is 46.8 Å². The molecule has 1 saturated heterocycles. The number of benzene rings is 2. The first-order valence-corrected chi connectivity index (χ1v) is 9.59. The van der Waals surface area contributed by atoms with Crippen LogP contribution in [0.1, 0.15) is 30.5 Å². The molecular weight excluding hydrogens is 320 g/mol. The summed E-state index contributed by atoms with van der Waals surface area (Å²) in [5.41, 5.74) is 3.75. The smallest absolute Gasteiger partial charge is 0.227 e. The third-order valence-corrected chi connectivity index (χ3v) is 5.68. The Balaban J connectivity index is 1.42. The molecule has 3 aromatic rings. The number of carbonyl (C=O) groups excluding carboxylic acids is 1. The van der Waals surface area contributed by atoms with Gasteiger partial charge >= 0.3 is 0 Å². The van der Waals surface area contributed by atoms with Crippen LogP contribution in [0.15, 0.2) is 60.7 Å². The highest BCUT2D eigenvalue weighted by Gasteiger charge is 2.28. The van der Waals surface area contributed by atoms with Gasteiger partial charge in [0, 0.05) is 30.8 Å². The fraction of sp³-hybridized carbons (Fsp3) is 0.348. The first-order chi connectivity index (χ1) is 12.7. The van der Waals surface area contributed by atoms with Crippen LogP contribution in [-0.4, -0.2) is 28.0 Å². The number of fused-ring (bicyclic) bond motifs is 1. The van der Waals surface area contributed by atoms with Gasteiger partial charge in [-0.15, -0.1) is 0 Å². The van der Waals surface area contributed by atoms with Crippen molar-refractivity contribution in [3.63, 3.8) is 0 Å². The summed E-state index contributed by atoms with van der Waals surface area (Å²) >= 11 is 0. The maximum absolute atomic E-state index is 12.8. The Morgan fingerprint density at radius 2 is 1.85 bits per heavy atom. The lowest BCUT2D eigenvalue weighted by Gasteiger charge is -2.25. The molecule has 0 spiro atoms. The van der Waals surface area contributed by atoms with Crippen LogP contribution in [0.4, 0.5) is 0 Å². The highest BCUT2D eigenvalue weighted by atomic mass is 16.2. The predicted octanol–water partition coefficient (Wildman–Crippen LogP) is 4.34. The molecule has 2 heterocycles.